The van der Waals surface area contributed by atoms with Gasteiger partial charge < -0.3 is 5.73 Å². The average Bonchev–Trinajstić information content (AvgIpc) is 2.83. The summed E-state index contributed by atoms with van der Waals surface area (Å²) < 4.78 is 1.92. The van der Waals surface area contributed by atoms with Gasteiger partial charge in [0, 0.05) is 12.2 Å². The Hall–Kier alpha value is -1.61. The molecule has 0 saturated carbocycles. The number of benzene rings is 1. The van der Waals surface area contributed by atoms with Gasteiger partial charge in [-0.25, -0.2) is 4.68 Å². The molecule has 1 aliphatic carbocycles. The molecule has 0 radical (unpaired) electrons. The van der Waals surface area contributed by atoms with Gasteiger partial charge in [-0.1, -0.05) is 18.2 Å². The van der Waals surface area contributed by atoms with Gasteiger partial charge in [0.15, 0.2) is 0 Å². The van der Waals surface area contributed by atoms with Gasteiger partial charge in [-0.15, -0.1) is 0 Å². The van der Waals surface area contributed by atoms with E-state index in [2.05, 4.69) is 11.3 Å². The van der Waals surface area contributed by atoms with E-state index in [0.717, 1.165) is 24.2 Å². The Morgan fingerprint density at radius 3 is 2.80 bits per heavy atom. The second-order valence-corrected chi connectivity index (χ2v) is 3.96. The number of para-hydroxylation sites is 1. The fraction of sp³-hybridized carbons (Fsp3) is 0.250. The van der Waals surface area contributed by atoms with E-state index >= 15 is 0 Å². The molecular formula is C12H13N3. The number of aryl methyl sites for hydroxylation is 1. The first-order chi connectivity index (χ1) is 7.34. The standard InChI is InChI=1S/C12H13N3/c13-11-7-6-9-8-15(14-12(9)11)10-4-2-1-3-5-10/h1-5,8,11H,6-7,13H2. The van der Waals surface area contributed by atoms with Crippen LogP contribution in [0, 0.1) is 0 Å². The van der Waals surface area contributed by atoms with Crippen molar-refractivity contribution in [2.45, 2.75) is 18.9 Å². The average molecular weight is 199 g/mol. The van der Waals surface area contributed by atoms with Crippen LogP contribution in [0.5, 0.6) is 0 Å². The normalized spacial score (nSPS) is 19.1. The Morgan fingerprint density at radius 2 is 2.07 bits per heavy atom. The molecule has 1 aliphatic rings. The molecule has 2 aromatic rings. The van der Waals surface area contributed by atoms with Crippen molar-refractivity contribution in [3.8, 4) is 5.69 Å². The SMILES string of the molecule is NC1CCc2cn(-c3ccccc3)nc21. The molecule has 0 amide bonds. The van der Waals surface area contributed by atoms with Gasteiger partial charge in [-0.2, -0.15) is 5.10 Å². The quantitative estimate of drug-likeness (QED) is 0.761. The van der Waals surface area contributed by atoms with Crippen molar-refractivity contribution >= 4 is 0 Å². The molecule has 0 fully saturated rings. The van der Waals surface area contributed by atoms with E-state index in [0.29, 0.717) is 0 Å². The predicted octanol–water partition coefficient (Wildman–Crippen LogP) is 1.82. The molecule has 15 heavy (non-hydrogen) atoms. The number of nitrogens with zero attached hydrogens (tertiary/aromatic N) is 2. The Morgan fingerprint density at radius 1 is 1.27 bits per heavy atom. The summed E-state index contributed by atoms with van der Waals surface area (Å²) in [4.78, 5) is 0. The van der Waals surface area contributed by atoms with Gasteiger partial charge in [-0.05, 0) is 30.5 Å². The van der Waals surface area contributed by atoms with Crippen LogP contribution in [0.2, 0.25) is 0 Å². The molecule has 1 aromatic carbocycles. The van der Waals surface area contributed by atoms with E-state index in [1.54, 1.807) is 0 Å². The lowest BCUT2D eigenvalue weighted by Gasteiger charge is -2.02. The fourth-order valence-electron chi connectivity index (χ4n) is 2.09. The number of hydrogen-bond donors (Lipinski definition) is 1. The molecular weight excluding hydrogens is 186 g/mol. The van der Waals surface area contributed by atoms with Gasteiger partial charge in [-0.3, -0.25) is 0 Å². The minimum absolute atomic E-state index is 0.130. The summed E-state index contributed by atoms with van der Waals surface area (Å²) in [6, 6.07) is 10.3. The van der Waals surface area contributed by atoms with Gasteiger partial charge in [0.2, 0.25) is 0 Å². The molecule has 0 saturated heterocycles. The molecule has 0 spiro atoms. The van der Waals surface area contributed by atoms with Crippen LogP contribution in [0.1, 0.15) is 23.7 Å². The number of rotatable bonds is 1. The zero-order valence-corrected chi connectivity index (χ0v) is 8.43. The zero-order valence-electron chi connectivity index (χ0n) is 8.43. The highest BCUT2D eigenvalue weighted by molar-refractivity contribution is 5.35. The van der Waals surface area contributed by atoms with Gasteiger partial charge in [0.25, 0.3) is 0 Å². The second kappa shape index (κ2) is 3.21. The topological polar surface area (TPSA) is 43.8 Å². The molecule has 0 aliphatic heterocycles. The van der Waals surface area contributed by atoms with E-state index in [-0.39, 0.29) is 6.04 Å². The highest BCUT2D eigenvalue weighted by atomic mass is 15.3. The minimum Gasteiger partial charge on any atom is -0.323 e. The number of aromatic nitrogens is 2. The summed E-state index contributed by atoms with van der Waals surface area (Å²) in [7, 11) is 0. The largest absolute Gasteiger partial charge is 0.323 e. The number of nitrogens with two attached hydrogens (primary N) is 1. The van der Waals surface area contributed by atoms with Crippen LogP contribution in [0.25, 0.3) is 5.69 Å². The van der Waals surface area contributed by atoms with Crippen molar-refractivity contribution < 1.29 is 0 Å². The lowest BCUT2D eigenvalue weighted by Crippen LogP contribution is -2.07. The minimum atomic E-state index is 0.130. The lowest BCUT2D eigenvalue weighted by atomic mass is 10.3. The van der Waals surface area contributed by atoms with E-state index in [4.69, 9.17) is 5.73 Å². The molecule has 1 aromatic heterocycles. The van der Waals surface area contributed by atoms with E-state index in [9.17, 15) is 0 Å². The summed E-state index contributed by atoms with van der Waals surface area (Å²) in [5.41, 5.74) is 9.42. The number of fused-ring (bicyclic) bond motifs is 1. The van der Waals surface area contributed by atoms with Crippen LogP contribution < -0.4 is 5.73 Å². The first-order valence-electron chi connectivity index (χ1n) is 5.24. The zero-order chi connectivity index (χ0) is 10.3. The third kappa shape index (κ3) is 1.36. The molecule has 76 valence electrons. The van der Waals surface area contributed by atoms with E-state index in [1.165, 1.54) is 5.56 Å². The molecule has 1 heterocycles. The summed E-state index contributed by atoms with van der Waals surface area (Å²) in [6.07, 6.45) is 4.19. The Bertz CT molecular complexity index is 473. The summed E-state index contributed by atoms with van der Waals surface area (Å²) >= 11 is 0. The van der Waals surface area contributed by atoms with Crippen molar-refractivity contribution in [2.24, 2.45) is 5.73 Å². The van der Waals surface area contributed by atoms with Crippen molar-refractivity contribution in [2.75, 3.05) is 0 Å². The highest BCUT2D eigenvalue weighted by Gasteiger charge is 2.22. The van der Waals surface area contributed by atoms with Gasteiger partial charge >= 0.3 is 0 Å². The maximum atomic E-state index is 5.96. The highest BCUT2D eigenvalue weighted by Crippen LogP contribution is 2.28. The van der Waals surface area contributed by atoms with Crippen LogP contribution in [-0.2, 0) is 6.42 Å². The molecule has 1 unspecified atom stereocenters. The predicted molar refractivity (Wildman–Crippen MR) is 58.8 cm³/mol. The van der Waals surface area contributed by atoms with Crippen molar-refractivity contribution in [3.05, 3.63) is 47.8 Å². The second-order valence-electron chi connectivity index (χ2n) is 3.96. The molecule has 1 atom stereocenters. The van der Waals surface area contributed by atoms with Crippen molar-refractivity contribution in [3.63, 3.8) is 0 Å². The molecule has 3 heteroatoms. The van der Waals surface area contributed by atoms with Crippen molar-refractivity contribution in [1.82, 2.24) is 9.78 Å². The van der Waals surface area contributed by atoms with Crippen LogP contribution in [0.15, 0.2) is 36.5 Å². The van der Waals surface area contributed by atoms with Gasteiger partial charge in [0.05, 0.1) is 11.4 Å². The summed E-state index contributed by atoms with van der Waals surface area (Å²) in [5, 5.41) is 4.53. The molecule has 2 N–H and O–H groups in total. The molecule has 0 bridgehead atoms. The maximum Gasteiger partial charge on any atom is 0.0828 e. The Balaban J connectivity index is 2.05. The molecule has 3 rings (SSSR count). The summed E-state index contributed by atoms with van der Waals surface area (Å²) in [5.74, 6) is 0. The van der Waals surface area contributed by atoms with Crippen LogP contribution >= 0.6 is 0 Å². The third-order valence-electron chi connectivity index (χ3n) is 2.92. The fourth-order valence-corrected chi connectivity index (χ4v) is 2.09. The lowest BCUT2D eigenvalue weighted by molar-refractivity contribution is 0.669. The van der Waals surface area contributed by atoms with Crippen LogP contribution in [0.4, 0.5) is 0 Å². The maximum absolute atomic E-state index is 5.96. The monoisotopic (exact) mass is 199 g/mol. The number of hydrogen-bond acceptors (Lipinski definition) is 2. The first-order valence-corrected chi connectivity index (χ1v) is 5.24. The first kappa shape index (κ1) is 8.68. The van der Waals surface area contributed by atoms with E-state index < -0.39 is 0 Å². The van der Waals surface area contributed by atoms with Gasteiger partial charge in [0.1, 0.15) is 0 Å². The van der Waals surface area contributed by atoms with Crippen molar-refractivity contribution in [1.29, 1.82) is 0 Å². The Labute approximate surface area is 88.5 Å². The molecule has 3 nitrogen and oxygen atoms in total. The smallest absolute Gasteiger partial charge is 0.0828 e. The Kier molecular flexibility index (Phi) is 1.86. The summed E-state index contributed by atoms with van der Waals surface area (Å²) in [6.45, 7) is 0. The third-order valence-corrected chi connectivity index (χ3v) is 2.92. The van der Waals surface area contributed by atoms with Crippen LogP contribution in [0.3, 0.4) is 0 Å². The van der Waals surface area contributed by atoms with E-state index in [1.807, 2.05) is 35.0 Å². The van der Waals surface area contributed by atoms with Crippen LogP contribution in [-0.4, -0.2) is 9.78 Å².